The number of amides is 1. The first-order valence-corrected chi connectivity index (χ1v) is 11.8. The largest absolute Gasteiger partial charge is 0.573 e. The van der Waals surface area contributed by atoms with Crippen molar-refractivity contribution in [1.82, 2.24) is 25.0 Å². The van der Waals surface area contributed by atoms with Gasteiger partial charge in [0.1, 0.15) is 11.6 Å². The summed E-state index contributed by atoms with van der Waals surface area (Å²) in [5.74, 6) is -1.37. The van der Waals surface area contributed by atoms with Crippen molar-refractivity contribution in [2.45, 2.75) is 38.0 Å². The SMILES string of the molecule is Cc1cc(C)nc(SCc2c(C(=O)Nc3ccc(C)c(F)c3)nnn2-c2ccc(OC(F)(F)F)cc2)n1. The molecule has 2 aromatic carbocycles. The first-order chi connectivity index (χ1) is 17.5. The number of aromatic nitrogens is 5. The number of rotatable bonds is 7. The second-order valence-electron chi connectivity index (χ2n) is 7.98. The van der Waals surface area contributed by atoms with Gasteiger partial charge in [0.05, 0.1) is 11.4 Å². The molecule has 0 saturated heterocycles. The van der Waals surface area contributed by atoms with Gasteiger partial charge in [0, 0.05) is 22.8 Å². The van der Waals surface area contributed by atoms with E-state index < -0.39 is 23.8 Å². The summed E-state index contributed by atoms with van der Waals surface area (Å²) in [6.07, 6.45) is -4.83. The number of halogens is 4. The molecule has 37 heavy (non-hydrogen) atoms. The summed E-state index contributed by atoms with van der Waals surface area (Å²) in [7, 11) is 0. The fraction of sp³-hybridized carbons (Fsp3) is 0.208. The fourth-order valence-corrected chi connectivity index (χ4v) is 4.30. The lowest BCUT2D eigenvalue weighted by atomic mass is 10.2. The molecule has 4 rings (SSSR count). The molecule has 2 aromatic heterocycles. The summed E-state index contributed by atoms with van der Waals surface area (Å²) in [4.78, 5) is 21.8. The summed E-state index contributed by atoms with van der Waals surface area (Å²) < 4.78 is 56.8. The van der Waals surface area contributed by atoms with Crippen LogP contribution in [0, 0.1) is 26.6 Å². The highest BCUT2D eigenvalue weighted by atomic mass is 32.2. The van der Waals surface area contributed by atoms with Gasteiger partial charge in [0.15, 0.2) is 10.9 Å². The third kappa shape index (κ3) is 6.61. The number of nitrogens with zero attached hydrogens (tertiary/aromatic N) is 5. The Kier molecular flexibility index (Phi) is 7.43. The van der Waals surface area contributed by atoms with Crippen LogP contribution in [-0.4, -0.2) is 37.2 Å². The first-order valence-electron chi connectivity index (χ1n) is 10.8. The lowest BCUT2D eigenvalue weighted by Crippen LogP contribution is -2.17. The van der Waals surface area contributed by atoms with Crippen LogP contribution >= 0.6 is 11.8 Å². The van der Waals surface area contributed by atoms with Gasteiger partial charge in [-0.2, -0.15) is 0 Å². The maximum atomic E-state index is 14.0. The zero-order chi connectivity index (χ0) is 26.7. The van der Waals surface area contributed by atoms with Crippen molar-refractivity contribution in [3.63, 3.8) is 0 Å². The molecule has 0 bridgehead atoms. The highest BCUT2D eigenvalue weighted by molar-refractivity contribution is 7.98. The number of benzene rings is 2. The second kappa shape index (κ2) is 10.5. The normalized spacial score (nSPS) is 11.4. The molecule has 0 aliphatic rings. The van der Waals surface area contributed by atoms with E-state index in [4.69, 9.17) is 0 Å². The number of carbonyl (C=O) groups excluding carboxylic acids is 1. The van der Waals surface area contributed by atoms with Crippen LogP contribution in [0.4, 0.5) is 23.2 Å². The van der Waals surface area contributed by atoms with Crippen molar-refractivity contribution in [2.75, 3.05) is 5.32 Å². The lowest BCUT2D eigenvalue weighted by molar-refractivity contribution is -0.274. The number of thioether (sulfide) groups is 1. The minimum atomic E-state index is -4.83. The molecular formula is C24H20F4N6O2S. The number of aryl methyl sites for hydroxylation is 3. The van der Waals surface area contributed by atoms with E-state index in [1.165, 1.54) is 40.7 Å². The van der Waals surface area contributed by atoms with Gasteiger partial charge in [-0.3, -0.25) is 4.79 Å². The molecule has 192 valence electrons. The van der Waals surface area contributed by atoms with E-state index in [9.17, 15) is 22.4 Å². The topological polar surface area (TPSA) is 94.8 Å². The monoisotopic (exact) mass is 532 g/mol. The Balaban J connectivity index is 1.66. The summed E-state index contributed by atoms with van der Waals surface area (Å²) in [5.41, 5.74) is 2.82. The Morgan fingerprint density at radius 3 is 2.32 bits per heavy atom. The Morgan fingerprint density at radius 2 is 1.70 bits per heavy atom. The third-order valence-corrected chi connectivity index (χ3v) is 5.88. The van der Waals surface area contributed by atoms with Crippen LogP contribution in [0.2, 0.25) is 0 Å². The molecule has 1 N–H and O–H groups in total. The summed E-state index contributed by atoms with van der Waals surface area (Å²) in [5, 5.41) is 11.1. The van der Waals surface area contributed by atoms with Gasteiger partial charge in [0.2, 0.25) is 0 Å². The fourth-order valence-electron chi connectivity index (χ4n) is 3.36. The van der Waals surface area contributed by atoms with Gasteiger partial charge in [-0.25, -0.2) is 19.0 Å². The Morgan fingerprint density at radius 1 is 1.03 bits per heavy atom. The molecule has 0 spiro atoms. The predicted octanol–water partition coefficient (Wildman–Crippen LogP) is 5.56. The van der Waals surface area contributed by atoms with Crippen molar-refractivity contribution in [1.29, 1.82) is 0 Å². The average molecular weight is 533 g/mol. The average Bonchev–Trinajstić information content (AvgIpc) is 3.23. The molecule has 4 aromatic rings. The first kappa shape index (κ1) is 26.1. The molecule has 0 aliphatic heterocycles. The van der Waals surface area contributed by atoms with Crippen LogP contribution in [-0.2, 0) is 5.75 Å². The van der Waals surface area contributed by atoms with Crippen LogP contribution in [0.15, 0.2) is 53.7 Å². The third-order valence-electron chi connectivity index (χ3n) is 5.02. The Bertz CT molecular complexity index is 1420. The molecule has 0 unspecified atom stereocenters. The Labute approximate surface area is 213 Å². The van der Waals surface area contributed by atoms with Crippen molar-refractivity contribution in [2.24, 2.45) is 0 Å². The molecule has 13 heteroatoms. The number of alkyl halides is 3. The van der Waals surface area contributed by atoms with Gasteiger partial charge < -0.3 is 10.1 Å². The van der Waals surface area contributed by atoms with Crippen molar-refractivity contribution < 1.29 is 27.1 Å². The Hall–Kier alpha value is -4.00. The molecule has 0 aliphatic carbocycles. The van der Waals surface area contributed by atoms with Gasteiger partial charge in [-0.05, 0) is 68.8 Å². The number of nitrogens with one attached hydrogen (secondary N) is 1. The van der Waals surface area contributed by atoms with Crippen molar-refractivity contribution >= 4 is 23.4 Å². The van der Waals surface area contributed by atoms with Gasteiger partial charge in [-0.15, -0.1) is 18.3 Å². The quantitative estimate of drug-likeness (QED) is 0.189. The van der Waals surface area contributed by atoms with Crippen LogP contribution in [0.1, 0.15) is 33.1 Å². The van der Waals surface area contributed by atoms with Crippen LogP contribution < -0.4 is 10.1 Å². The van der Waals surface area contributed by atoms with Gasteiger partial charge >= 0.3 is 6.36 Å². The van der Waals surface area contributed by atoms with Crippen LogP contribution in [0.3, 0.4) is 0 Å². The second-order valence-corrected chi connectivity index (χ2v) is 8.92. The molecule has 0 atom stereocenters. The van der Waals surface area contributed by atoms with E-state index in [-0.39, 0.29) is 17.1 Å². The number of carbonyl (C=O) groups is 1. The van der Waals surface area contributed by atoms with Crippen molar-refractivity contribution in [3.8, 4) is 11.4 Å². The zero-order valence-corrected chi connectivity index (χ0v) is 20.6. The predicted molar refractivity (Wildman–Crippen MR) is 128 cm³/mol. The van der Waals surface area contributed by atoms with E-state index in [0.717, 1.165) is 23.5 Å². The minimum absolute atomic E-state index is 0.0477. The summed E-state index contributed by atoms with van der Waals surface area (Å²) >= 11 is 1.23. The molecule has 0 radical (unpaired) electrons. The van der Waals surface area contributed by atoms with Crippen LogP contribution in [0.5, 0.6) is 5.75 Å². The molecule has 8 nitrogen and oxygen atoms in total. The van der Waals surface area contributed by atoms with Crippen LogP contribution in [0.25, 0.3) is 5.69 Å². The van der Waals surface area contributed by atoms with Gasteiger partial charge in [-0.1, -0.05) is 23.0 Å². The summed E-state index contributed by atoms with van der Waals surface area (Å²) in [6.45, 7) is 5.26. The molecule has 0 fully saturated rings. The number of ether oxygens (including phenoxy) is 1. The maximum absolute atomic E-state index is 14.0. The van der Waals surface area contributed by atoms with E-state index in [2.05, 4.69) is 30.3 Å². The molecule has 1 amide bonds. The zero-order valence-electron chi connectivity index (χ0n) is 19.8. The lowest BCUT2D eigenvalue weighted by Gasteiger charge is -2.11. The highest BCUT2D eigenvalue weighted by Gasteiger charge is 2.31. The van der Waals surface area contributed by atoms with E-state index in [1.807, 2.05) is 19.9 Å². The molecule has 2 heterocycles. The number of hydrogen-bond acceptors (Lipinski definition) is 7. The maximum Gasteiger partial charge on any atom is 0.573 e. The molecular weight excluding hydrogens is 512 g/mol. The minimum Gasteiger partial charge on any atom is -0.406 e. The number of anilines is 1. The summed E-state index contributed by atoms with van der Waals surface area (Å²) in [6, 6.07) is 11.1. The molecule has 0 saturated carbocycles. The standard InChI is InChI=1S/C24H20F4N6O2S/c1-13-4-5-16(11-19(13)25)31-22(35)21-20(12-37-23-29-14(2)10-15(3)30-23)34(33-32-21)17-6-8-18(9-7-17)36-24(26,27)28/h4-11H,12H2,1-3H3,(H,31,35). The van der Waals surface area contributed by atoms with Gasteiger partial charge in [0.25, 0.3) is 5.91 Å². The van der Waals surface area contributed by atoms with E-state index >= 15 is 0 Å². The number of hydrogen-bond donors (Lipinski definition) is 1. The smallest absolute Gasteiger partial charge is 0.406 e. The van der Waals surface area contributed by atoms with Crippen molar-refractivity contribution in [3.05, 3.63) is 82.7 Å². The highest BCUT2D eigenvalue weighted by Crippen LogP contribution is 2.27. The van der Waals surface area contributed by atoms with E-state index in [1.54, 1.807) is 13.0 Å². The van der Waals surface area contributed by atoms with E-state index in [0.29, 0.717) is 22.1 Å².